The molecule has 20 heavy (non-hydrogen) atoms. The number of carbonyl (C=O) groups is 1. The number of amides is 1. The summed E-state index contributed by atoms with van der Waals surface area (Å²) in [6.45, 7) is 5.69. The molecule has 5 nitrogen and oxygen atoms in total. The summed E-state index contributed by atoms with van der Waals surface area (Å²) in [6, 6.07) is 2.00. The van der Waals surface area contributed by atoms with Gasteiger partial charge in [-0.2, -0.15) is 5.10 Å². The van der Waals surface area contributed by atoms with E-state index in [1.54, 1.807) is 11.3 Å². The van der Waals surface area contributed by atoms with Crippen molar-refractivity contribution in [2.24, 2.45) is 7.05 Å². The van der Waals surface area contributed by atoms with Gasteiger partial charge < -0.3 is 9.80 Å². The highest BCUT2D eigenvalue weighted by Gasteiger charge is 2.22. The molecule has 0 unspecified atom stereocenters. The van der Waals surface area contributed by atoms with Gasteiger partial charge in [-0.3, -0.25) is 9.48 Å². The van der Waals surface area contributed by atoms with E-state index < -0.39 is 0 Å². The maximum atomic E-state index is 12.6. The smallest absolute Gasteiger partial charge is 0.264 e. The Morgan fingerprint density at radius 1 is 1.25 bits per heavy atom. The number of thiophene rings is 1. The number of likely N-dealkylation sites (N-methyl/N-ethyl adjacent to an activating group) is 1. The van der Waals surface area contributed by atoms with Gasteiger partial charge in [-0.15, -0.1) is 11.3 Å². The van der Waals surface area contributed by atoms with Gasteiger partial charge in [0.15, 0.2) is 0 Å². The number of rotatable bonds is 1. The second-order valence-electron chi connectivity index (χ2n) is 5.49. The molecular weight excluding hydrogens is 272 g/mol. The molecule has 0 atom stereocenters. The molecule has 3 rings (SSSR count). The van der Waals surface area contributed by atoms with Gasteiger partial charge in [-0.05, 0) is 33.0 Å². The average molecular weight is 292 g/mol. The molecule has 0 bridgehead atoms. The molecule has 0 spiro atoms. The topological polar surface area (TPSA) is 41.4 Å². The minimum absolute atomic E-state index is 0.168. The monoisotopic (exact) mass is 292 g/mol. The molecule has 1 aliphatic rings. The Kier molecular flexibility index (Phi) is 3.52. The van der Waals surface area contributed by atoms with Crippen molar-refractivity contribution in [1.29, 1.82) is 0 Å². The van der Waals surface area contributed by atoms with E-state index in [1.807, 2.05) is 29.6 Å². The van der Waals surface area contributed by atoms with Crippen LogP contribution >= 0.6 is 11.3 Å². The average Bonchev–Trinajstić information content (AvgIpc) is 2.88. The van der Waals surface area contributed by atoms with Crippen LogP contribution in [-0.2, 0) is 7.05 Å². The molecule has 0 radical (unpaired) electrons. The van der Waals surface area contributed by atoms with Gasteiger partial charge in [0.1, 0.15) is 4.83 Å². The SMILES string of the molecule is Cc1nn(C)c2sc(C(=O)N3CCCN(C)CC3)cc12. The Hall–Kier alpha value is -1.40. The predicted octanol–water partition coefficient (Wildman–Crippen LogP) is 1.72. The van der Waals surface area contributed by atoms with Gasteiger partial charge >= 0.3 is 0 Å². The second-order valence-corrected chi connectivity index (χ2v) is 6.52. The first kappa shape index (κ1) is 13.6. The Morgan fingerprint density at radius 3 is 2.80 bits per heavy atom. The first-order valence-corrected chi connectivity index (χ1v) is 7.79. The van der Waals surface area contributed by atoms with Crippen LogP contribution in [0.15, 0.2) is 6.07 Å². The van der Waals surface area contributed by atoms with Crippen LogP contribution in [0.4, 0.5) is 0 Å². The second kappa shape index (κ2) is 5.18. The van der Waals surface area contributed by atoms with E-state index in [0.717, 1.165) is 53.4 Å². The minimum Gasteiger partial charge on any atom is -0.337 e. The van der Waals surface area contributed by atoms with Gasteiger partial charge in [-0.25, -0.2) is 0 Å². The number of hydrogen-bond acceptors (Lipinski definition) is 4. The Balaban J connectivity index is 1.86. The van der Waals surface area contributed by atoms with Crippen LogP contribution in [0.2, 0.25) is 0 Å². The van der Waals surface area contributed by atoms with Crippen LogP contribution in [0.25, 0.3) is 10.2 Å². The highest BCUT2D eigenvalue weighted by atomic mass is 32.1. The van der Waals surface area contributed by atoms with Crippen molar-refractivity contribution in [2.75, 3.05) is 33.2 Å². The van der Waals surface area contributed by atoms with Crippen molar-refractivity contribution in [2.45, 2.75) is 13.3 Å². The highest BCUT2D eigenvalue weighted by Crippen LogP contribution is 2.28. The summed E-state index contributed by atoms with van der Waals surface area (Å²) in [5.74, 6) is 0.168. The van der Waals surface area contributed by atoms with Gasteiger partial charge in [0.25, 0.3) is 5.91 Å². The molecule has 0 saturated carbocycles. The third-order valence-corrected chi connectivity index (χ3v) is 5.10. The van der Waals surface area contributed by atoms with E-state index in [1.165, 1.54) is 0 Å². The summed E-state index contributed by atoms with van der Waals surface area (Å²) in [4.78, 5) is 18.8. The molecule has 1 saturated heterocycles. The van der Waals surface area contributed by atoms with E-state index in [2.05, 4.69) is 17.0 Å². The van der Waals surface area contributed by atoms with Crippen LogP contribution in [0.3, 0.4) is 0 Å². The van der Waals surface area contributed by atoms with Crippen LogP contribution < -0.4 is 0 Å². The number of carbonyl (C=O) groups excluding carboxylic acids is 1. The largest absolute Gasteiger partial charge is 0.337 e. The van der Waals surface area contributed by atoms with Crippen LogP contribution in [0, 0.1) is 6.92 Å². The number of fused-ring (bicyclic) bond motifs is 1. The lowest BCUT2D eigenvalue weighted by molar-refractivity contribution is 0.0768. The molecule has 0 N–H and O–H groups in total. The normalized spacial score (nSPS) is 17.6. The summed E-state index contributed by atoms with van der Waals surface area (Å²) < 4.78 is 1.86. The summed E-state index contributed by atoms with van der Waals surface area (Å²) in [5, 5.41) is 5.49. The third-order valence-electron chi connectivity index (χ3n) is 3.91. The van der Waals surface area contributed by atoms with Crippen molar-refractivity contribution in [3.8, 4) is 0 Å². The van der Waals surface area contributed by atoms with Crippen molar-refractivity contribution < 1.29 is 4.79 Å². The summed E-state index contributed by atoms with van der Waals surface area (Å²) in [7, 11) is 4.05. The van der Waals surface area contributed by atoms with E-state index in [-0.39, 0.29) is 5.91 Å². The maximum Gasteiger partial charge on any atom is 0.264 e. The highest BCUT2D eigenvalue weighted by molar-refractivity contribution is 7.20. The fourth-order valence-corrected chi connectivity index (χ4v) is 3.81. The minimum atomic E-state index is 0.168. The summed E-state index contributed by atoms with van der Waals surface area (Å²) in [6.07, 6.45) is 1.05. The predicted molar refractivity (Wildman–Crippen MR) is 81.3 cm³/mol. The lowest BCUT2D eigenvalue weighted by Gasteiger charge is -2.19. The van der Waals surface area contributed by atoms with Crippen LogP contribution in [-0.4, -0.2) is 58.7 Å². The molecule has 0 aliphatic carbocycles. The number of aryl methyl sites for hydroxylation is 2. The summed E-state index contributed by atoms with van der Waals surface area (Å²) in [5.41, 5.74) is 0.994. The Bertz CT molecular complexity index is 610. The zero-order chi connectivity index (χ0) is 14.3. The molecular formula is C14H20N4OS. The fraction of sp³-hybridized carbons (Fsp3) is 0.571. The molecule has 2 aromatic rings. The molecule has 108 valence electrons. The molecule has 6 heteroatoms. The van der Waals surface area contributed by atoms with Gasteiger partial charge in [0, 0.05) is 32.1 Å². The van der Waals surface area contributed by atoms with Gasteiger partial charge in [-0.1, -0.05) is 0 Å². The van der Waals surface area contributed by atoms with E-state index in [0.29, 0.717) is 0 Å². The molecule has 0 aromatic carbocycles. The van der Waals surface area contributed by atoms with Crippen LogP contribution in [0.1, 0.15) is 21.8 Å². The van der Waals surface area contributed by atoms with Gasteiger partial charge in [0.2, 0.25) is 0 Å². The Morgan fingerprint density at radius 2 is 2.05 bits per heavy atom. The zero-order valence-corrected chi connectivity index (χ0v) is 13.0. The van der Waals surface area contributed by atoms with Crippen molar-refractivity contribution in [3.05, 3.63) is 16.6 Å². The number of aromatic nitrogens is 2. The molecule has 1 amide bonds. The Labute approximate surface area is 122 Å². The lowest BCUT2D eigenvalue weighted by atomic mass is 10.3. The van der Waals surface area contributed by atoms with Crippen molar-refractivity contribution in [1.82, 2.24) is 19.6 Å². The standard InChI is InChI=1S/C14H20N4OS/c1-10-11-9-12(20-14(11)17(3)15-10)13(19)18-6-4-5-16(2)7-8-18/h9H,4-8H2,1-3H3. The van der Waals surface area contributed by atoms with Crippen molar-refractivity contribution in [3.63, 3.8) is 0 Å². The van der Waals surface area contributed by atoms with Crippen molar-refractivity contribution >= 4 is 27.5 Å². The fourth-order valence-electron chi connectivity index (χ4n) is 2.72. The van der Waals surface area contributed by atoms with E-state index in [9.17, 15) is 4.79 Å². The quantitative estimate of drug-likeness (QED) is 0.803. The lowest BCUT2D eigenvalue weighted by Crippen LogP contribution is -2.34. The maximum absolute atomic E-state index is 12.6. The van der Waals surface area contributed by atoms with Crippen LogP contribution in [0.5, 0.6) is 0 Å². The first-order chi connectivity index (χ1) is 9.56. The molecule has 2 aromatic heterocycles. The van der Waals surface area contributed by atoms with Gasteiger partial charge in [0.05, 0.1) is 10.6 Å². The third kappa shape index (κ3) is 2.33. The number of hydrogen-bond donors (Lipinski definition) is 0. The van der Waals surface area contributed by atoms with E-state index >= 15 is 0 Å². The molecule has 1 fully saturated rings. The molecule has 3 heterocycles. The molecule has 1 aliphatic heterocycles. The first-order valence-electron chi connectivity index (χ1n) is 6.97. The zero-order valence-electron chi connectivity index (χ0n) is 12.2. The number of nitrogens with zero attached hydrogens (tertiary/aromatic N) is 4. The summed E-state index contributed by atoms with van der Waals surface area (Å²) >= 11 is 1.55. The van der Waals surface area contributed by atoms with E-state index in [4.69, 9.17) is 0 Å².